The largest absolute Gasteiger partial charge is 0.341 e. The van der Waals surface area contributed by atoms with E-state index >= 15 is 0 Å². The van der Waals surface area contributed by atoms with Crippen molar-refractivity contribution < 1.29 is 13.2 Å². The summed E-state index contributed by atoms with van der Waals surface area (Å²) in [6.45, 7) is 3.62. The van der Waals surface area contributed by atoms with Crippen LogP contribution in [0.2, 0.25) is 0 Å². The predicted molar refractivity (Wildman–Crippen MR) is 90.6 cm³/mol. The van der Waals surface area contributed by atoms with Gasteiger partial charge in [0.05, 0.1) is 10.9 Å². The Morgan fingerprint density at radius 3 is 2.35 bits per heavy atom. The molecule has 128 valence electrons. The van der Waals surface area contributed by atoms with Gasteiger partial charge in [-0.25, -0.2) is 8.42 Å². The Morgan fingerprint density at radius 2 is 1.83 bits per heavy atom. The van der Waals surface area contributed by atoms with Gasteiger partial charge in [0.1, 0.15) is 0 Å². The van der Waals surface area contributed by atoms with Gasteiger partial charge in [-0.1, -0.05) is 31.9 Å². The molecule has 0 spiro atoms. The van der Waals surface area contributed by atoms with E-state index in [1.807, 2.05) is 6.92 Å². The Balaban J connectivity index is 2.04. The first kappa shape index (κ1) is 17.9. The molecule has 1 saturated carbocycles. The summed E-state index contributed by atoms with van der Waals surface area (Å²) in [7, 11) is -1.92. The molecule has 0 bridgehead atoms. The molecule has 1 fully saturated rings. The molecule has 0 saturated heterocycles. The van der Waals surface area contributed by atoms with Crippen LogP contribution in [-0.2, 0) is 21.2 Å². The Morgan fingerprint density at radius 1 is 1.26 bits per heavy atom. The predicted octanol–water partition coefficient (Wildman–Crippen LogP) is 2.32. The van der Waals surface area contributed by atoms with Gasteiger partial charge in [-0.15, -0.1) is 0 Å². The molecule has 5 nitrogen and oxygen atoms in total. The number of rotatable bonds is 6. The first-order valence-electron chi connectivity index (χ1n) is 8.23. The molecule has 1 N–H and O–H groups in total. The third-order valence-electron chi connectivity index (χ3n) is 4.56. The fourth-order valence-electron chi connectivity index (χ4n) is 3.03. The van der Waals surface area contributed by atoms with E-state index in [0.717, 1.165) is 37.7 Å². The molecule has 1 aliphatic carbocycles. The third kappa shape index (κ3) is 4.32. The van der Waals surface area contributed by atoms with Crippen molar-refractivity contribution in [3.63, 3.8) is 0 Å². The summed E-state index contributed by atoms with van der Waals surface area (Å²) in [6.07, 6.45) is 5.12. The summed E-state index contributed by atoms with van der Waals surface area (Å²) in [5.74, 6) is -0.175. The molecule has 1 atom stereocenters. The highest BCUT2D eigenvalue weighted by molar-refractivity contribution is 7.89. The van der Waals surface area contributed by atoms with E-state index in [1.165, 1.54) is 0 Å². The lowest BCUT2D eigenvalue weighted by Gasteiger charge is -2.27. The van der Waals surface area contributed by atoms with Crippen molar-refractivity contribution in [2.24, 2.45) is 0 Å². The summed E-state index contributed by atoms with van der Waals surface area (Å²) in [4.78, 5) is 14.3. The SMILES string of the molecule is CCc1ccc(S(=O)(=O)NC(C)C(=O)N(C)C2CCCC2)cc1. The van der Waals surface area contributed by atoms with E-state index in [4.69, 9.17) is 0 Å². The normalized spacial score (nSPS) is 17.2. The molecular formula is C17H26N2O3S. The summed E-state index contributed by atoms with van der Waals surface area (Å²) in [6, 6.07) is 6.23. The summed E-state index contributed by atoms with van der Waals surface area (Å²) in [5, 5.41) is 0. The first-order chi connectivity index (χ1) is 10.8. The number of likely N-dealkylation sites (N-methyl/N-ethyl adjacent to an activating group) is 1. The van der Waals surface area contributed by atoms with Crippen molar-refractivity contribution in [2.45, 2.75) is 62.9 Å². The summed E-state index contributed by atoms with van der Waals surface area (Å²) in [5.41, 5.74) is 1.08. The molecule has 1 aromatic carbocycles. The van der Waals surface area contributed by atoms with E-state index in [2.05, 4.69) is 4.72 Å². The van der Waals surface area contributed by atoms with Crippen molar-refractivity contribution in [1.29, 1.82) is 0 Å². The van der Waals surface area contributed by atoms with Gasteiger partial charge in [0, 0.05) is 13.1 Å². The van der Waals surface area contributed by atoms with Crippen LogP contribution in [0.4, 0.5) is 0 Å². The monoisotopic (exact) mass is 338 g/mol. The molecule has 1 aliphatic rings. The second-order valence-corrected chi connectivity index (χ2v) is 7.94. The van der Waals surface area contributed by atoms with Crippen LogP contribution in [0.1, 0.15) is 45.1 Å². The van der Waals surface area contributed by atoms with E-state index in [1.54, 1.807) is 43.1 Å². The second kappa shape index (κ2) is 7.45. The lowest BCUT2D eigenvalue weighted by Crippen LogP contribution is -2.48. The lowest BCUT2D eigenvalue weighted by molar-refractivity contribution is -0.133. The standard InChI is InChI=1S/C17H26N2O3S/c1-4-14-9-11-16(12-10-14)23(21,22)18-13(2)17(20)19(3)15-7-5-6-8-15/h9-13,15,18H,4-8H2,1-3H3. The molecule has 0 aliphatic heterocycles. The number of aryl methyl sites for hydroxylation is 1. The fourth-order valence-corrected chi connectivity index (χ4v) is 4.23. The number of hydrogen-bond acceptors (Lipinski definition) is 3. The number of benzene rings is 1. The fraction of sp³-hybridized carbons (Fsp3) is 0.588. The maximum absolute atomic E-state index is 12.4. The van der Waals surface area contributed by atoms with E-state index < -0.39 is 16.1 Å². The van der Waals surface area contributed by atoms with Gasteiger partial charge in [0.25, 0.3) is 0 Å². The number of hydrogen-bond donors (Lipinski definition) is 1. The van der Waals surface area contributed by atoms with Crippen LogP contribution in [0.15, 0.2) is 29.2 Å². The number of nitrogens with one attached hydrogen (secondary N) is 1. The number of carbonyl (C=O) groups is 1. The van der Waals surface area contributed by atoms with Crippen LogP contribution in [0.5, 0.6) is 0 Å². The minimum Gasteiger partial charge on any atom is -0.341 e. The zero-order chi connectivity index (χ0) is 17.0. The van der Waals surface area contributed by atoms with Crippen LogP contribution in [0.3, 0.4) is 0 Å². The van der Waals surface area contributed by atoms with Crippen molar-refractivity contribution in [2.75, 3.05) is 7.05 Å². The number of carbonyl (C=O) groups excluding carboxylic acids is 1. The van der Waals surface area contributed by atoms with E-state index in [9.17, 15) is 13.2 Å². The molecule has 23 heavy (non-hydrogen) atoms. The molecule has 1 aromatic rings. The van der Waals surface area contributed by atoms with E-state index in [0.29, 0.717) is 0 Å². The van der Waals surface area contributed by atoms with Gasteiger partial charge >= 0.3 is 0 Å². The minimum atomic E-state index is -3.68. The quantitative estimate of drug-likeness (QED) is 0.865. The molecule has 1 amide bonds. The maximum atomic E-state index is 12.4. The van der Waals surface area contributed by atoms with Crippen molar-refractivity contribution in [3.05, 3.63) is 29.8 Å². The Labute approximate surface area is 139 Å². The highest BCUT2D eigenvalue weighted by Crippen LogP contribution is 2.23. The third-order valence-corrected chi connectivity index (χ3v) is 6.12. The average Bonchev–Trinajstić information content (AvgIpc) is 3.07. The summed E-state index contributed by atoms with van der Waals surface area (Å²) >= 11 is 0. The highest BCUT2D eigenvalue weighted by Gasteiger charge is 2.29. The van der Waals surface area contributed by atoms with Gasteiger partial charge in [0.15, 0.2) is 0 Å². The molecule has 0 radical (unpaired) electrons. The molecule has 1 unspecified atom stereocenters. The van der Waals surface area contributed by atoms with Crippen molar-refractivity contribution in [3.8, 4) is 0 Å². The van der Waals surface area contributed by atoms with Crippen LogP contribution < -0.4 is 4.72 Å². The van der Waals surface area contributed by atoms with Crippen molar-refractivity contribution in [1.82, 2.24) is 9.62 Å². The smallest absolute Gasteiger partial charge is 0.241 e. The Kier molecular flexibility index (Phi) is 5.81. The molecular weight excluding hydrogens is 312 g/mol. The topological polar surface area (TPSA) is 66.5 Å². The average molecular weight is 338 g/mol. The van der Waals surface area contributed by atoms with Gasteiger partial charge in [-0.3, -0.25) is 4.79 Å². The second-order valence-electron chi connectivity index (χ2n) is 6.23. The Bertz CT molecular complexity index is 634. The van der Waals surface area contributed by atoms with Crippen LogP contribution >= 0.6 is 0 Å². The van der Waals surface area contributed by atoms with Crippen LogP contribution in [-0.4, -0.2) is 38.4 Å². The van der Waals surface area contributed by atoms with E-state index in [-0.39, 0.29) is 16.8 Å². The maximum Gasteiger partial charge on any atom is 0.241 e. The number of amides is 1. The summed E-state index contributed by atoms with van der Waals surface area (Å²) < 4.78 is 27.3. The Hall–Kier alpha value is -1.40. The van der Waals surface area contributed by atoms with Crippen LogP contribution in [0, 0.1) is 0 Å². The van der Waals surface area contributed by atoms with Gasteiger partial charge in [-0.2, -0.15) is 4.72 Å². The van der Waals surface area contributed by atoms with Crippen molar-refractivity contribution >= 4 is 15.9 Å². The van der Waals surface area contributed by atoms with Gasteiger partial charge < -0.3 is 4.90 Å². The minimum absolute atomic E-state index is 0.175. The molecule has 0 aromatic heterocycles. The molecule has 0 heterocycles. The highest BCUT2D eigenvalue weighted by atomic mass is 32.2. The molecule has 6 heteroatoms. The first-order valence-corrected chi connectivity index (χ1v) is 9.71. The van der Waals surface area contributed by atoms with Crippen LogP contribution in [0.25, 0.3) is 0 Å². The van der Waals surface area contributed by atoms with Gasteiger partial charge in [0.2, 0.25) is 15.9 Å². The lowest BCUT2D eigenvalue weighted by atomic mass is 10.2. The molecule has 2 rings (SSSR count). The zero-order valence-electron chi connectivity index (χ0n) is 14.1. The van der Waals surface area contributed by atoms with Gasteiger partial charge in [-0.05, 0) is 43.9 Å². The number of sulfonamides is 1. The zero-order valence-corrected chi connectivity index (χ0v) is 14.9. The number of nitrogens with zero attached hydrogens (tertiary/aromatic N) is 1.